The number of nitrogens with zero attached hydrogens (tertiary/aromatic N) is 6. The number of halogens is 2. The van der Waals surface area contributed by atoms with Crippen LogP contribution in [0.3, 0.4) is 0 Å². The highest BCUT2D eigenvalue weighted by molar-refractivity contribution is 5.54. The predicted octanol–water partition coefficient (Wildman–Crippen LogP) is 2.74. The lowest BCUT2D eigenvalue weighted by Gasteiger charge is -2.36. The van der Waals surface area contributed by atoms with Gasteiger partial charge < -0.3 is 9.80 Å². The molecule has 0 radical (unpaired) electrons. The van der Waals surface area contributed by atoms with Gasteiger partial charge in [-0.25, -0.2) is 8.78 Å². The highest BCUT2D eigenvalue weighted by atomic mass is 19.1. The Morgan fingerprint density at radius 3 is 1.93 bits per heavy atom. The average molecular weight is 366 g/mol. The summed E-state index contributed by atoms with van der Waals surface area (Å²) in [5, 5.41) is 17.8. The Hall–Kier alpha value is -3.47. The second kappa shape index (κ2) is 7.03. The summed E-state index contributed by atoms with van der Waals surface area (Å²) in [6.07, 6.45) is 0. The average Bonchev–Trinajstić information content (AvgIpc) is 3.13. The molecule has 8 heteroatoms. The molecule has 1 saturated heterocycles. The normalized spacial score (nSPS) is 14.3. The summed E-state index contributed by atoms with van der Waals surface area (Å²) >= 11 is 0. The fourth-order valence-corrected chi connectivity index (χ4v) is 3.17. The Balaban J connectivity index is 1.56. The van der Waals surface area contributed by atoms with Gasteiger partial charge in [0, 0.05) is 26.2 Å². The van der Waals surface area contributed by atoms with E-state index in [1.807, 2.05) is 15.9 Å². The van der Waals surface area contributed by atoms with E-state index >= 15 is 0 Å². The first kappa shape index (κ1) is 17.0. The minimum absolute atomic E-state index is 0.137. The summed E-state index contributed by atoms with van der Waals surface area (Å²) in [5.41, 5.74) is 0.885. The lowest BCUT2D eigenvalue weighted by Crippen LogP contribution is -2.47. The summed E-state index contributed by atoms with van der Waals surface area (Å²) in [6.45, 7) is 2.27. The Morgan fingerprint density at radius 1 is 0.778 bits per heavy atom. The maximum atomic E-state index is 14.0. The van der Waals surface area contributed by atoms with Crippen LogP contribution in [0.25, 0.3) is 5.69 Å². The van der Waals surface area contributed by atoms with Crippen LogP contribution in [0.15, 0.2) is 48.5 Å². The highest BCUT2D eigenvalue weighted by Crippen LogP contribution is 2.24. The molecular formula is C19H16F2N6. The van der Waals surface area contributed by atoms with Crippen molar-refractivity contribution in [1.29, 1.82) is 5.26 Å². The molecule has 0 atom stereocenters. The van der Waals surface area contributed by atoms with Gasteiger partial charge in [0.05, 0.1) is 5.69 Å². The van der Waals surface area contributed by atoms with E-state index in [-0.39, 0.29) is 17.2 Å². The van der Waals surface area contributed by atoms with Gasteiger partial charge in [-0.1, -0.05) is 24.3 Å². The molecule has 0 saturated carbocycles. The molecule has 4 rings (SSSR count). The van der Waals surface area contributed by atoms with Crippen molar-refractivity contribution in [2.45, 2.75) is 0 Å². The molecule has 0 N–H and O–H groups in total. The number of para-hydroxylation sites is 2. The monoisotopic (exact) mass is 366 g/mol. The molecule has 0 bridgehead atoms. The smallest absolute Gasteiger partial charge is 0.207 e. The first-order valence-corrected chi connectivity index (χ1v) is 8.54. The number of anilines is 2. The van der Waals surface area contributed by atoms with Crippen molar-refractivity contribution in [3.8, 4) is 11.8 Å². The van der Waals surface area contributed by atoms with Crippen molar-refractivity contribution < 1.29 is 8.78 Å². The standard InChI is InChI=1S/C19H16F2N6/c20-14-5-1-3-7-17(14)25-9-11-26(12-10-25)19-16(13-22)23-27(24-19)18-8-4-2-6-15(18)21/h1-8H,9-12H2. The van der Waals surface area contributed by atoms with Crippen LogP contribution < -0.4 is 9.80 Å². The summed E-state index contributed by atoms with van der Waals surface area (Å²) in [5.74, 6) is -0.309. The molecule has 136 valence electrons. The molecule has 1 fully saturated rings. The number of hydrogen-bond donors (Lipinski definition) is 0. The summed E-state index contributed by atoms with van der Waals surface area (Å²) < 4.78 is 28.0. The number of piperazine rings is 1. The van der Waals surface area contributed by atoms with Gasteiger partial charge in [0.1, 0.15) is 17.6 Å². The number of hydrogen-bond acceptors (Lipinski definition) is 5. The second-order valence-electron chi connectivity index (χ2n) is 6.15. The number of benzene rings is 2. The van der Waals surface area contributed by atoms with Gasteiger partial charge in [-0.3, -0.25) is 0 Å². The van der Waals surface area contributed by atoms with Crippen molar-refractivity contribution in [1.82, 2.24) is 15.0 Å². The van der Waals surface area contributed by atoms with Crippen LogP contribution >= 0.6 is 0 Å². The molecule has 1 aromatic heterocycles. The molecule has 6 nitrogen and oxygen atoms in total. The maximum absolute atomic E-state index is 14.0. The summed E-state index contributed by atoms with van der Waals surface area (Å²) in [4.78, 5) is 5.02. The van der Waals surface area contributed by atoms with E-state index in [2.05, 4.69) is 10.2 Å². The van der Waals surface area contributed by atoms with Gasteiger partial charge in [0.25, 0.3) is 0 Å². The third kappa shape index (κ3) is 3.19. The van der Waals surface area contributed by atoms with Gasteiger partial charge >= 0.3 is 0 Å². The van der Waals surface area contributed by atoms with Crippen LogP contribution in [-0.4, -0.2) is 41.2 Å². The van der Waals surface area contributed by atoms with Gasteiger partial charge in [0.15, 0.2) is 11.6 Å². The molecule has 3 aromatic rings. The van der Waals surface area contributed by atoms with Crippen LogP contribution in [0.4, 0.5) is 20.3 Å². The SMILES string of the molecule is N#Cc1nn(-c2ccccc2F)nc1N1CCN(c2ccccc2F)CC1. The highest BCUT2D eigenvalue weighted by Gasteiger charge is 2.25. The van der Waals surface area contributed by atoms with Crippen molar-refractivity contribution >= 4 is 11.5 Å². The fraction of sp³-hybridized carbons (Fsp3) is 0.211. The summed E-state index contributed by atoms with van der Waals surface area (Å²) in [7, 11) is 0. The minimum Gasteiger partial charge on any atom is -0.366 e. The number of rotatable bonds is 3. The molecular weight excluding hydrogens is 350 g/mol. The molecule has 1 aliphatic heterocycles. The van der Waals surface area contributed by atoms with Crippen LogP contribution in [0, 0.1) is 23.0 Å². The first-order chi connectivity index (χ1) is 13.2. The zero-order valence-corrected chi connectivity index (χ0v) is 14.4. The summed E-state index contributed by atoms with van der Waals surface area (Å²) in [6, 6.07) is 14.8. The zero-order valence-electron chi connectivity index (χ0n) is 14.4. The largest absolute Gasteiger partial charge is 0.366 e. The number of nitriles is 1. The Labute approximate surface area is 154 Å². The van der Waals surface area contributed by atoms with Crippen LogP contribution in [0.1, 0.15) is 5.69 Å². The van der Waals surface area contributed by atoms with E-state index in [0.717, 1.165) is 4.80 Å². The Bertz CT molecular complexity index is 1000. The van der Waals surface area contributed by atoms with E-state index in [1.54, 1.807) is 36.4 Å². The van der Waals surface area contributed by atoms with Crippen LogP contribution in [0.5, 0.6) is 0 Å². The molecule has 0 unspecified atom stereocenters. The van der Waals surface area contributed by atoms with Crippen molar-refractivity contribution in [3.63, 3.8) is 0 Å². The van der Waals surface area contributed by atoms with Crippen LogP contribution in [0.2, 0.25) is 0 Å². The number of aromatic nitrogens is 3. The van der Waals surface area contributed by atoms with E-state index in [4.69, 9.17) is 0 Å². The fourth-order valence-electron chi connectivity index (χ4n) is 3.17. The first-order valence-electron chi connectivity index (χ1n) is 8.54. The molecule has 2 aromatic carbocycles. The van der Waals surface area contributed by atoms with Gasteiger partial charge in [-0.05, 0) is 24.3 Å². The lowest BCUT2D eigenvalue weighted by molar-refractivity contribution is 0.588. The molecule has 2 heterocycles. The quantitative estimate of drug-likeness (QED) is 0.713. The van der Waals surface area contributed by atoms with Crippen molar-refractivity contribution in [2.75, 3.05) is 36.0 Å². The lowest BCUT2D eigenvalue weighted by atomic mass is 10.2. The topological polar surface area (TPSA) is 61.0 Å². The predicted molar refractivity (Wildman–Crippen MR) is 96.9 cm³/mol. The molecule has 0 spiro atoms. The molecule has 0 amide bonds. The Morgan fingerprint density at radius 2 is 1.33 bits per heavy atom. The molecule has 1 aliphatic rings. The van der Waals surface area contributed by atoms with E-state index < -0.39 is 5.82 Å². The Kier molecular flexibility index (Phi) is 4.42. The molecule has 27 heavy (non-hydrogen) atoms. The van der Waals surface area contributed by atoms with Crippen molar-refractivity contribution in [2.24, 2.45) is 0 Å². The van der Waals surface area contributed by atoms with Gasteiger partial charge in [-0.2, -0.15) is 5.26 Å². The third-order valence-corrected chi connectivity index (χ3v) is 4.54. The second-order valence-corrected chi connectivity index (χ2v) is 6.15. The minimum atomic E-state index is -0.465. The molecule has 0 aliphatic carbocycles. The van der Waals surface area contributed by atoms with E-state index in [1.165, 1.54) is 12.1 Å². The maximum Gasteiger partial charge on any atom is 0.207 e. The van der Waals surface area contributed by atoms with E-state index in [9.17, 15) is 14.0 Å². The zero-order chi connectivity index (χ0) is 18.8. The van der Waals surface area contributed by atoms with Gasteiger partial charge in [0.2, 0.25) is 5.69 Å². The van der Waals surface area contributed by atoms with Gasteiger partial charge in [-0.15, -0.1) is 15.0 Å². The van der Waals surface area contributed by atoms with Crippen molar-refractivity contribution in [3.05, 3.63) is 65.9 Å². The van der Waals surface area contributed by atoms with Crippen LogP contribution in [-0.2, 0) is 0 Å². The third-order valence-electron chi connectivity index (χ3n) is 4.54. The van der Waals surface area contributed by atoms with E-state index in [0.29, 0.717) is 37.7 Å².